The second-order valence-corrected chi connectivity index (χ2v) is 6.08. The number of rotatable bonds is 4. The predicted molar refractivity (Wildman–Crippen MR) is 76.7 cm³/mol. The van der Waals surface area contributed by atoms with Crippen LogP contribution in [-0.4, -0.2) is 9.78 Å². The summed E-state index contributed by atoms with van der Waals surface area (Å²) in [4.78, 5) is 1.30. The van der Waals surface area contributed by atoms with Gasteiger partial charge in [-0.05, 0) is 48.1 Å². The highest BCUT2D eigenvalue weighted by Crippen LogP contribution is 2.30. The molecule has 1 atom stereocenters. The summed E-state index contributed by atoms with van der Waals surface area (Å²) in [5.41, 5.74) is 0. The van der Waals surface area contributed by atoms with Crippen LogP contribution in [0.4, 0.5) is 5.82 Å². The van der Waals surface area contributed by atoms with E-state index in [-0.39, 0.29) is 6.04 Å². The van der Waals surface area contributed by atoms with E-state index in [4.69, 9.17) is 0 Å². The van der Waals surface area contributed by atoms with Crippen molar-refractivity contribution in [3.05, 3.63) is 33.1 Å². The van der Waals surface area contributed by atoms with Crippen LogP contribution in [0.2, 0.25) is 0 Å². The van der Waals surface area contributed by atoms with Crippen molar-refractivity contribution in [1.29, 1.82) is 0 Å². The summed E-state index contributed by atoms with van der Waals surface area (Å²) in [6.45, 7) is 6.39. The van der Waals surface area contributed by atoms with Gasteiger partial charge in [-0.3, -0.25) is 4.68 Å². The van der Waals surface area contributed by atoms with Crippen molar-refractivity contribution in [3.63, 3.8) is 0 Å². The lowest BCUT2D eigenvalue weighted by molar-refractivity contribution is 0.533. The third-order valence-electron chi connectivity index (χ3n) is 2.54. The Labute approximate surface area is 114 Å². The Morgan fingerprint density at radius 2 is 2.12 bits per heavy atom. The lowest BCUT2D eigenvalue weighted by Crippen LogP contribution is -2.07. The van der Waals surface area contributed by atoms with Crippen LogP contribution >= 0.6 is 27.3 Å². The monoisotopic (exact) mass is 313 g/mol. The van der Waals surface area contributed by atoms with Crippen LogP contribution in [0, 0.1) is 0 Å². The maximum absolute atomic E-state index is 4.48. The van der Waals surface area contributed by atoms with Gasteiger partial charge in [0.25, 0.3) is 0 Å². The van der Waals surface area contributed by atoms with E-state index in [1.54, 1.807) is 11.3 Å². The van der Waals surface area contributed by atoms with Crippen molar-refractivity contribution in [2.45, 2.75) is 32.9 Å². The summed E-state index contributed by atoms with van der Waals surface area (Å²) in [5, 5.41) is 9.98. The van der Waals surface area contributed by atoms with Crippen LogP contribution in [0.3, 0.4) is 0 Å². The molecule has 0 aliphatic carbocycles. The first kappa shape index (κ1) is 12.6. The highest BCUT2D eigenvalue weighted by atomic mass is 79.9. The van der Waals surface area contributed by atoms with Crippen molar-refractivity contribution in [1.82, 2.24) is 9.78 Å². The Morgan fingerprint density at radius 1 is 1.35 bits per heavy atom. The number of hydrogen-bond acceptors (Lipinski definition) is 3. The number of anilines is 1. The summed E-state index contributed by atoms with van der Waals surface area (Å²) < 4.78 is 3.12. The van der Waals surface area contributed by atoms with E-state index >= 15 is 0 Å². The molecule has 2 heterocycles. The van der Waals surface area contributed by atoms with Gasteiger partial charge in [-0.2, -0.15) is 5.10 Å². The minimum atomic E-state index is 0.264. The fourth-order valence-electron chi connectivity index (χ4n) is 1.60. The molecule has 2 rings (SSSR count). The fraction of sp³-hybridized carbons (Fsp3) is 0.417. The summed E-state index contributed by atoms with van der Waals surface area (Å²) in [5.74, 6) is 0.923. The smallest absolute Gasteiger partial charge is 0.148 e. The predicted octanol–water partition coefficient (Wildman–Crippen LogP) is 4.46. The topological polar surface area (TPSA) is 29.9 Å². The van der Waals surface area contributed by atoms with Gasteiger partial charge in [0.15, 0.2) is 0 Å². The van der Waals surface area contributed by atoms with Gasteiger partial charge >= 0.3 is 0 Å². The molecule has 2 aromatic rings. The van der Waals surface area contributed by atoms with Gasteiger partial charge < -0.3 is 5.32 Å². The Balaban J connectivity index is 2.08. The Kier molecular flexibility index (Phi) is 3.89. The van der Waals surface area contributed by atoms with Gasteiger partial charge in [-0.15, -0.1) is 11.3 Å². The third kappa shape index (κ3) is 2.90. The van der Waals surface area contributed by atoms with Crippen LogP contribution in [0.25, 0.3) is 0 Å². The molecule has 0 spiro atoms. The summed E-state index contributed by atoms with van der Waals surface area (Å²) in [6.07, 6.45) is 2.00. The number of nitrogens with zero attached hydrogens (tertiary/aromatic N) is 2. The van der Waals surface area contributed by atoms with E-state index < -0.39 is 0 Å². The Bertz CT molecular complexity index is 489. The standard InChI is InChI=1S/C12H16BrN3S/c1-8(2)16-6-4-11(15-16)14-9(3)12-10(13)5-7-17-12/h4-9H,1-3H3,(H,14,15). The van der Waals surface area contributed by atoms with Gasteiger partial charge in [-0.1, -0.05) is 0 Å². The van der Waals surface area contributed by atoms with E-state index in [0.29, 0.717) is 6.04 Å². The molecule has 2 aromatic heterocycles. The highest BCUT2D eigenvalue weighted by Gasteiger charge is 2.12. The molecule has 0 saturated carbocycles. The molecule has 5 heteroatoms. The second kappa shape index (κ2) is 5.23. The molecular weight excluding hydrogens is 298 g/mol. The van der Waals surface area contributed by atoms with Crippen LogP contribution in [-0.2, 0) is 0 Å². The number of thiophene rings is 1. The van der Waals surface area contributed by atoms with Gasteiger partial charge in [-0.25, -0.2) is 0 Å². The summed E-state index contributed by atoms with van der Waals surface area (Å²) in [7, 11) is 0. The maximum Gasteiger partial charge on any atom is 0.148 e. The molecule has 92 valence electrons. The van der Waals surface area contributed by atoms with Crippen LogP contribution in [0.5, 0.6) is 0 Å². The molecule has 0 aromatic carbocycles. The van der Waals surface area contributed by atoms with Gasteiger partial charge in [0.2, 0.25) is 0 Å². The molecule has 0 bridgehead atoms. The molecule has 0 fully saturated rings. The van der Waals surface area contributed by atoms with Gasteiger partial charge in [0.1, 0.15) is 5.82 Å². The number of aromatic nitrogens is 2. The SMILES string of the molecule is CC(Nc1ccn(C(C)C)n1)c1sccc1Br. The quantitative estimate of drug-likeness (QED) is 0.903. The van der Waals surface area contributed by atoms with E-state index in [1.807, 2.05) is 16.9 Å². The van der Waals surface area contributed by atoms with Crippen LogP contribution in [0.1, 0.15) is 37.7 Å². The lowest BCUT2D eigenvalue weighted by atomic mass is 10.3. The normalized spacial score (nSPS) is 13.0. The fourth-order valence-corrected chi connectivity index (χ4v) is 3.33. The molecule has 0 aliphatic heterocycles. The Morgan fingerprint density at radius 3 is 2.65 bits per heavy atom. The molecule has 1 N–H and O–H groups in total. The minimum absolute atomic E-state index is 0.264. The molecule has 3 nitrogen and oxygen atoms in total. The van der Waals surface area contributed by atoms with Crippen molar-refractivity contribution < 1.29 is 0 Å². The zero-order valence-corrected chi connectivity index (χ0v) is 12.5. The van der Waals surface area contributed by atoms with E-state index in [0.717, 1.165) is 10.3 Å². The van der Waals surface area contributed by atoms with Crippen LogP contribution < -0.4 is 5.32 Å². The zero-order valence-electron chi connectivity index (χ0n) is 10.1. The molecular formula is C12H16BrN3S. The number of nitrogens with one attached hydrogen (secondary N) is 1. The lowest BCUT2D eigenvalue weighted by Gasteiger charge is -2.12. The van der Waals surface area contributed by atoms with Crippen LogP contribution in [0.15, 0.2) is 28.2 Å². The average Bonchev–Trinajstić information content (AvgIpc) is 2.86. The molecule has 0 radical (unpaired) electrons. The second-order valence-electron chi connectivity index (χ2n) is 4.27. The summed E-state index contributed by atoms with van der Waals surface area (Å²) in [6, 6.07) is 4.75. The first-order chi connectivity index (χ1) is 8.08. The minimum Gasteiger partial charge on any atom is -0.361 e. The molecule has 0 saturated heterocycles. The van der Waals surface area contributed by atoms with Crippen molar-refractivity contribution >= 4 is 33.1 Å². The third-order valence-corrected chi connectivity index (χ3v) is 4.59. The highest BCUT2D eigenvalue weighted by molar-refractivity contribution is 9.10. The van der Waals surface area contributed by atoms with E-state index in [1.165, 1.54) is 4.88 Å². The molecule has 1 unspecified atom stereocenters. The number of hydrogen-bond donors (Lipinski definition) is 1. The van der Waals surface area contributed by atoms with Crippen molar-refractivity contribution in [2.75, 3.05) is 5.32 Å². The molecule has 0 aliphatic rings. The van der Waals surface area contributed by atoms with Gasteiger partial charge in [0, 0.05) is 27.7 Å². The first-order valence-electron chi connectivity index (χ1n) is 5.62. The van der Waals surface area contributed by atoms with Crippen molar-refractivity contribution in [2.24, 2.45) is 0 Å². The maximum atomic E-state index is 4.48. The van der Waals surface area contributed by atoms with Crippen molar-refractivity contribution in [3.8, 4) is 0 Å². The average molecular weight is 314 g/mol. The first-order valence-corrected chi connectivity index (χ1v) is 7.29. The number of halogens is 1. The van der Waals surface area contributed by atoms with Gasteiger partial charge in [0.05, 0.1) is 6.04 Å². The molecule has 0 amide bonds. The summed E-state index contributed by atoms with van der Waals surface area (Å²) >= 11 is 5.30. The largest absolute Gasteiger partial charge is 0.361 e. The zero-order chi connectivity index (χ0) is 12.4. The van der Waals surface area contributed by atoms with E-state index in [2.05, 4.69) is 58.6 Å². The Hall–Kier alpha value is -0.810. The van der Waals surface area contributed by atoms with E-state index in [9.17, 15) is 0 Å². The molecule has 17 heavy (non-hydrogen) atoms.